The summed E-state index contributed by atoms with van der Waals surface area (Å²) >= 11 is 0. The van der Waals surface area contributed by atoms with Crippen molar-refractivity contribution in [2.24, 2.45) is 0 Å². The molecule has 0 saturated carbocycles. The van der Waals surface area contributed by atoms with E-state index >= 15 is 0 Å². The van der Waals surface area contributed by atoms with E-state index < -0.39 is 5.54 Å². The normalized spacial score (nSPS) is 17.5. The zero-order valence-corrected chi connectivity index (χ0v) is 19.4. The molecule has 7 heteroatoms. The molecule has 0 fully saturated rings. The van der Waals surface area contributed by atoms with E-state index in [-0.39, 0.29) is 18.4 Å². The highest BCUT2D eigenvalue weighted by atomic mass is 16.3. The Morgan fingerprint density at radius 2 is 1.79 bits per heavy atom. The first-order valence-corrected chi connectivity index (χ1v) is 11.2. The minimum Gasteiger partial charge on any atom is -0.463 e. The molecule has 0 spiro atoms. The third-order valence-corrected chi connectivity index (χ3v) is 6.47. The Bertz CT molecular complexity index is 1370. The average Bonchev–Trinajstić information content (AvgIpc) is 3.49. The van der Waals surface area contributed by atoms with Crippen molar-refractivity contribution in [3.8, 4) is 11.5 Å². The van der Waals surface area contributed by atoms with E-state index in [1.807, 2.05) is 62.4 Å². The number of aromatic nitrogens is 2. The van der Waals surface area contributed by atoms with Crippen LogP contribution in [0.4, 0.5) is 5.69 Å². The van der Waals surface area contributed by atoms with Crippen LogP contribution in [0.1, 0.15) is 34.1 Å². The highest BCUT2D eigenvalue weighted by Gasteiger charge is 2.49. The van der Waals surface area contributed by atoms with Crippen LogP contribution >= 0.6 is 0 Å². The van der Waals surface area contributed by atoms with Crippen molar-refractivity contribution in [2.45, 2.75) is 39.4 Å². The second kappa shape index (κ2) is 8.33. The number of nitrogens with zero attached hydrogens (tertiary/aromatic N) is 3. The predicted octanol–water partition coefficient (Wildman–Crippen LogP) is 4.50. The highest BCUT2D eigenvalue weighted by molar-refractivity contribution is 6.12. The van der Waals surface area contributed by atoms with E-state index in [0.29, 0.717) is 29.4 Å². The van der Waals surface area contributed by atoms with Gasteiger partial charge in [-0.25, -0.2) is 0 Å². The molecule has 1 aliphatic heterocycles. The van der Waals surface area contributed by atoms with Crippen LogP contribution in [0, 0.1) is 13.8 Å². The minimum atomic E-state index is -1.19. The molecule has 0 radical (unpaired) electrons. The van der Waals surface area contributed by atoms with Gasteiger partial charge in [-0.3, -0.25) is 19.2 Å². The lowest BCUT2D eigenvalue weighted by Crippen LogP contribution is -2.64. The van der Waals surface area contributed by atoms with Crippen LogP contribution in [0.2, 0.25) is 0 Å². The van der Waals surface area contributed by atoms with Crippen LogP contribution < -0.4 is 10.2 Å². The van der Waals surface area contributed by atoms with Crippen LogP contribution in [-0.2, 0) is 17.9 Å². The Hall–Kier alpha value is -4.13. The number of anilines is 1. The molecule has 0 aliphatic carbocycles. The summed E-state index contributed by atoms with van der Waals surface area (Å²) in [7, 11) is 0. The van der Waals surface area contributed by atoms with Crippen molar-refractivity contribution in [3.05, 3.63) is 95.4 Å². The maximum atomic E-state index is 13.9. The maximum absolute atomic E-state index is 13.9. The van der Waals surface area contributed by atoms with Crippen LogP contribution in [0.3, 0.4) is 0 Å². The van der Waals surface area contributed by atoms with Crippen molar-refractivity contribution in [3.63, 3.8) is 0 Å². The highest BCUT2D eigenvalue weighted by Crippen LogP contribution is 2.35. The number of aryl methyl sites for hydroxylation is 2. The summed E-state index contributed by atoms with van der Waals surface area (Å²) in [6.07, 6.45) is 1.57. The second-order valence-corrected chi connectivity index (χ2v) is 8.86. The molecule has 2 aromatic carbocycles. The summed E-state index contributed by atoms with van der Waals surface area (Å²) in [6, 6.07) is 20.8. The van der Waals surface area contributed by atoms with E-state index in [1.54, 1.807) is 41.0 Å². The lowest BCUT2D eigenvalue weighted by atomic mass is 9.93. The fourth-order valence-electron chi connectivity index (χ4n) is 4.49. The Balaban J connectivity index is 1.55. The lowest BCUT2D eigenvalue weighted by Gasteiger charge is -2.43. The van der Waals surface area contributed by atoms with Gasteiger partial charge < -0.3 is 9.73 Å². The average molecular weight is 455 g/mol. The number of hydrogen-bond donors (Lipinski definition) is 1. The molecule has 4 aromatic rings. The van der Waals surface area contributed by atoms with Crippen molar-refractivity contribution in [2.75, 3.05) is 4.90 Å². The van der Waals surface area contributed by atoms with Gasteiger partial charge in [-0.05, 0) is 55.7 Å². The first-order chi connectivity index (χ1) is 16.4. The summed E-state index contributed by atoms with van der Waals surface area (Å²) < 4.78 is 7.09. The van der Waals surface area contributed by atoms with Crippen molar-refractivity contribution in [1.29, 1.82) is 0 Å². The summed E-state index contributed by atoms with van der Waals surface area (Å²) in [4.78, 5) is 29.2. The fraction of sp³-hybridized carbons (Fsp3) is 0.222. The van der Waals surface area contributed by atoms with Crippen LogP contribution in [0.25, 0.3) is 11.5 Å². The van der Waals surface area contributed by atoms with E-state index in [2.05, 4.69) is 10.4 Å². The van der Waals surface area contributed by atoms with E-state index in [9.17, 15) is 9.59 Å². The predicted molar refractivity (Wildman–Crippen MR) is 129 cm³/mol. The lowest BCUT2D eigenvalue weighted by molar-refractivity contribution is -0.126. The molecule has 1 aliphatic rings. The zero-order valence-electron chi connectivity index (χ0n) is 19.4. The number of nitrogens with one attached hydrogen (secondary N) is 1. The van der Waals surface area contributed by atoms with Crippen LogP contribution in [0.5, 0.6) is 0 Å². The van der Waals surface area contributed by atoms with Gasteiger partial charge in [0.1, 0.15) is 16.9 Å². The molecule has 2 amide bonds. The molecule has 7 nitrogen and oxygen atoms in total. The van der Waals surface area contributed by atoms with Gasteiger partial charge in [-0.1, -0.05) is 42.5 Å². The number of rotatable bonds is 5. The van der Waals surface area contributed by atoms with E-state index in [4.69, 9.17) is 4.42 Å². The molecule has 3 heterocycles. The maximum Gasteiger partial charge on any atom is 0.277 e. The standard InChI is InChI=1S/C27H26N4O3/c1-18-9-4-6-11-20(18)16-28-26(33)27(3)17-30-23(15-21(29-30)24-13-8-14-34-24)25(32)31(27)22-12-7-5-10-19(22)2/h4-15H,16-17H2,1-3H3,(H,28,33)/t27-/m1/s1. The molecule has 172 valence electrons. The SMILES string of the molecule is Cc1ccccc1CNC(=O)[C@@]1(C)Cn2nc(-c3ccco3)cc2C(=O)N1c1ccccc1C. The second-order valence-electron chi connectivity index (χ2n) is 8.86. The fourth-order valence-corrected chi connectivity index (χ4v) is 4.49. The number of benzene rings is 2. The first kappa shape index (κ1) is 21.7. The Morgan fingerprint density at radius 3 is 2.50 bits per heavy atom. The summed E-state index contributed by atoms with van der Waals surface area (Å²) in [6.45, 7) is 6.33. The number of carbonyl (C=O) groups is 2. The number of hydrogen-bond acceptors (Lipinski definition) is 4. The summed E-state index contributed by atoms with van der Waals surface area (Å²) in [5.74, 6) is 0.0512. The number of fused-ring (bicyclic) bond motifs is 1. The van der Waals surface area contributed by atoms with E-state index in [0.717, 1.165) is 16.7 Å². The molecule has 2 aromatic heterocycles. The number of furan rings is 1. The molecular weight excluding hydrogens is 428 g/mol. The molecule has 1 atom stereocenters. The smallest absolute Gasteiger partial charge is 0.277 e. The van der Waals surface area contributed by atoms with Crippen LogP contribution in [-0.4, -0.2) is 27.1 Å². The molecule has 0 saturated heterocycles. The topological polar surface area (TPSA) is 80.4 Å². The van der Waals surface area contributed by atoms with Crippen LogP contribution in [0.15, 0.2) is 77.4 Å². The Morgan fingerprint density at radius 1 is 1.06 bits per heavy atom. The third-order valence-electron chi connectivity index (χ3n) is 6.47. The molecule has 34 heavy (non-hydrogen) atoms. The van der Waals surface area contributed by atoms with Gasteiger partial charge >= 0.3 is 0 Å². The first-order valence-electron chi connectivity index (χ1n) is 11.2. The zero-order chi connectivity index (χ0) is 23.9. The monoisotopic (exact) mass is 454 g/mol. The van der Waals surface area contributed by atoms with Gasteiger partial charge in [0.05, 0.1) is 12.8 Å². The molecule has 0 unspecified atom stereocenters. The van der Waals surface area contributed by atoms with E-state index in [1.165, 1.54) is 0 Å². The minimum absolute atomic E-state index is 0.211. The third kappa shape index (κ3) is 3.59. The molecule has 0 bridgehead atoms. The van der Waals surface area contributed by atoms with Gasteiger partial charge in [-0.15, -0.1) is 0 Å². The molecule has 5 rings (SSSR count). The van der Waals surface area contributed by atoms with Gasteiger partial charge in [0.15, 0.2) is 5.76 Å². The van der Waals surface area contributed by atoms with Crippen molar-refractivity contribution < 1.29 is 14.0 Å². The van der Waals surface area contributed by atoms with Crippen molar-refractivity contribution in [1.82, 2.24) is 15.1 Å². The van der Waals surface area contributed by atoms with Gasteiger partial charge in [0, 0.05) is 18.3 Å². The number of para-hydroxylation sites is 1. The van der Waals surface area contributed by atoms with Gasteiger partial charge in [-0.2, -0.15) is 5.10 Å². The largest absolute Gasteiger partial charge is 0.463 e. The Labute approximate surface area is 198 Å². The summed E-state index contributed by atoms with van der Waals surface area (Å²) in [5.41, 5.74) is 3.53. The Kier molecular flexibility index (Phi) is 5.32. The van der Waals surface area contributed by atoms with Gasteiger partial charge in [0.2, 0.25) is 5.91 Å². The number of carbonyl (C=O) groups excluding carboxylic acids is 2. The van der Waals surface area contributed by atoms with Gasteiger partial charge in [0.25, 0.3) is 5.91 Å². The number of amides is 2. The quantitative estimate of drug-likeness (QED) is 0.482. The molecular formula is C27H26N4O3. The molecule has 1 N–H and O–H groups in total. The summed E-state index contributed by atoms with van der Waals surface area (Å²) in [5, 5.41) is 7.66. The van der Waals surface area contributed by atoms with Crippen molar-refractivity contribution >= 4 is 17.5 Å².